The van der Waals surface area contributed by atoms with Gasteiger partial charge in [0.15, 0.2) is 0 Å². The fourth-order valence-electron chi connectivity index (χ4n) is 2.76. The Hall–Kier alpha value is -3.21. The van der Waals surface area contributed by atoms with Crippen LogP contribution in [0.15, 0.2) is 66.9 Å². The molecular formula is C22H22FN3O. The Morgan fingerprint density at radius 1 is 1.00 bits per heavy atom. The van der Waals surface area contributed by atoms with E-state index in [4.69, 9.17) is 0 Å². The van der Waals surface area contributed by atoms with E-state index < -0.39 is 5.82 Å². The molecule has 138 valence electrons. The molecule has 0 aliphatic heterocycles. The fraction of sp³-hybridized carbons (Fsp3) is 0.182. The van der Waals surface area contributed by atoms with Crippen LogP contribution >= 0.6 is 0 Å². The second kappa shape index (κ2) is 7.58. The number of nitrogens with one attached hydrogen (secondary N) is 2. The predicted octanol–water partition coefficient (Wildman–Crippen LogP) is 5.51. The zero-order valence-electron chi connectivity index (χ0n) is 15.6. The molecule has 0 bridgehead atoms. The topological polar surface area (TPSA) is 54.0 Å². The number of anilines is 3. The number of benzene rings is 2. The van der Waals surface area contributed by atoms with Crippen LogP contribution in [0, 0.1) is 5.82 Å². The first-order valence-corrected chi connectivity index (χ1v) is 8.72. The van der Waals surface area contributed by atoms with Crippen LogP contribution in [0.5, 0.6) is 0 Å². The molecule has 0 saturated heterocycles. The Morgan fingerprint density at radius 3 is 2.44 bits per heavy atom. The Kier molecular flexibility index (Phi) is 5.21. The number of para-hydroxylation sites is 1. The number of carbonyl (C=O) groups is 1. The minimum absolute atomic E-state index is 0.00245. The third kappa shape index (κ3) is 4.70. The molecule has 1 amide bonds. The first-order valence-electron chi connectivity index (χ1n) is 8.72. The molecule has 1 aromatic heterocycles. The fourth-order valence-corrected chi connectivity index (χ4v) is 2.76. The molecule has 27 heavy (non-hydrogen) atoms. The van der Waals surface area contributed by atoms with Crippen LogP contribution in [-0.4, -0.2) is 10.9 Å². The summed E-state index contributed by atoms with van der Waals surface area (Å²) in [5.41, 5.74) is 2.99. The average molecular weight is 363 g/mol. The van der Waals surface area contributed by atoms with Crippen LogP contribution in [0.1, 0.15) is 36.7 Å². The highest BCUT2D eigenvalue weighted by atomic mass is 19.1. The second-order valence-electron chi connectivity index (χ2n) is 7.32. The molecule has 2 N–H and O–H groups in total. The van der Waals surface area contributed by atoms with E-state index in [1.54, 1.807) is 24.4 Å². The van der Waals surface area contributed by atoms with Crippen LogP contribution in [0.3, 0.4) is 0 Å². The molecule has 3 aromatic rings. The van der Waals surface area contributed by atoms with Crippen molar-refractivity contribution in [3.63, 3.8) is 0 Å². The molecule has 0 spiro atoms. The molecule has 0 radical (unpaired) electrons. The SMILES string of the molecule is CC(C)(C)c1ccccc1Nc1ccc(NC(=O)c2cccc(F)c2)cn1. The van der Waals surface area contributed by atoms with Gasteiger partial charge in [0.2, 0.25) is 0 Å². The minimum Gasteiger partial charge on any atom is -0.340 e. The minimum atomic E-state index is -0.446. The van der Waals surface area contributed by atoms with Gasteiger partial charge in [-0.2, -0.15) is 0 Å². The third-order valence-corrected chi connectivity index (χ3v) is 4.11. The largest absolute Gasteiger partial charge is 0.340 e. The zero-order chi connectivity index (χ0) is 19.4. The van der Waals surface area contributed by atoms with E-state index >= 15 is 0 Å². The maximum absolute atomic E-state index is 13.2. The van der Waals surface area contributed by atoms with Gasteiger partial charge in [-0.15, -0.1) is 0 Å². The first-order chi connectivity index (χ1) is 12.8. The summed E-state index contributed by atoms with van der Waals surface area (Å²) in [6.07, 6.45) is 1.57. The monoisotopic (exact) mass is 363 g/mol. The highest BCUT2D eigenvalue weighted by Gasteiger charge is 2.17. The summed E-state index contributed by atoms with van der Waals surface area (Å²) in [6.45, 7) is 6.48. The van der Waals surface area contributed by atoms with Gasteiger partial charge in [0.25, 0.3) is 5.91 Å². The second-order valence-corrected chi connectivity index (χ2v) is 7.32. The number of hydrogen-bond acceptors (Lipinski definition) is 3. The molecule has 0 aliphatic carbocycles. The molecule has 3 rings (SSSR count). The van der Waals surface area contributed by atoms with E-state index in [1.165, 1.54) is 23.8 Å². The first kappa shape index (κ1) is 18.6. The molecule has 0 aliphatic rings. The lowest BCUT2D eigenvalue weighted by Gasteiger charge is -2.23. The van der Waals surface area contributed by atoms with Crippen LogP contribution in [0.2, 0.25) is 0 Å². The highest BCUT2D eigenvalue weighted by molar-refractivity contribution is 6.04. The van der Waals surface area contributed by atoms with E-state index in [1.807, 2.05) is 18.2 Å². The van der Waals surface area contributed by atoms with Crippen molar-refractivity contribution < 1.29 is 9.18 Å². The molecule has 1 heterocycles. The van der Waals surface area contributed by atoms with Crippen LogP contribution < -0.4 is 10.6 Å². The van der Waals surface area contributed by atoms with Crippen molar-refractivity contribution in [3.05, 3.63) is 83.8 Å². The van der Waals surface area contributed by atoms with Gasteiger partial charge in [0.05, 0.1) is 11.9 Å². The van der Waals surface area contributed by atoms with E-state index in [9.17, 15) is 9.18 Å². The lowest BCUT2D eigenvalue weighted by molar-refractivity contribution is 0.102. The average Bonchev–Trinajstić information content (AvgIpc) is 2.63. The number of rotatable bonds is 4. The summed E-state index contributed by atoms with van der Waals surface area (Å²) in [7, 11) is 0. The van der Waals surface area contributed by atoms with Gasteiger partial charge in [0.1, 0.15) is 11.6 Å². The van der Waals surface area contributed by atoms with Crippen molar-refractivity contribution in [3.8, 4) is 0 Å². The Bertz CT molecular complexity index is 946. The quantitative estimate of drug-likeness (QED) is 0.642. The Morgan fingerprint density at radius 2 is 1.78 bits per heavy atom. The number of hydrogen-bond donors (Lipinski definition) is 2. The number of carbonyl (C=O) groups excluding carboxylic acids is 1. The predicted molar refractivity (Wildman–Crippen MR) is 107 cm³/mol. The normalized spacial score (nSPS) is 11.1. The summed E-state index contributed by atoms with van der Waals surface area (Å²) in [5, 5.41) is 6.04. The summed E-state index contributed by atoms with van der Waals surface area (Å²) in [6, 6.07) is 17.2. The Balaban J connectivity index is 1.72. The lowest BCUT2D eigenvalue weighted by Crippen LogP contribution is -2.14. The van der Waals surface area contributed by atoms with Gasteiger partial charge in [-0.1, -0.05) is 45.0 Å². The standard InChI is InChI=1S/C22H22FN3O/c1-22(2,3)18-9-4-5-10-19(18)26-20-12-11-17(14-24-20)25-21(27)15-7-6-8-16(23)13-15/h4-14H,1-3H3,(H,24,26)(H,25,27). The van der Waals surface area contributed by atoms with Gasteiger partial charge < -0.3 is 10.6 Å². The van der Waals surface area contributed by atoms with Gasteiger partial charge >= 0.3 is 0 Å². The van der Waals surface area contributed by atoms with Crippen molar-refractivity contribution in [2.24, 2.45) is 0 Å². The smallest absolute Gasteiger partial charge is 0.255 e. The molecule has 0 fully saturated rings. The number of aromatic nitrogens is 1. The molecule has 0 saturated carbocycles. The van der Waals surface area contributed by atoms with Gasteiger partial charge in [-0.05, 0) is 47.4 Å². The summed E-state index contributed by atoms with van der Waals surface area (Å²) in [5.74, 6) is -0.150. The number of nitrogens with zero attached hydrogens (tertiary/aromatic N) is 1. The molecular weight excluding hydrogens is 341 g/mol. The molecule has 0 unspecified atom stereocenters. The lowest BCUT2D eigenvalue weighted by atomic mass is 9.86. The Labute approximate surface area is 158 Å². The third-order valence-electron chi connectivity index (χ3n) is 4.11. The van der Waals surface area contributed by atoms with Crippen molar-refractivity contribution in [2.45, 2.75) is 26.2 Å². The maximum Gasteiger partial charge on any atom is 0.255 e. The molecule has 2 aromatic carbocycles. The van der Waals surface area contributed by atoms with Crippen LogP contribution in [0.25, 0.3) is 0 Å². The summed E-state index contributed by atoms with van der Waals surface area (Å²) < 4.78 is 13.2. The van der Waals surface area contributed by atoms with E-state index in [0.717, 1.165) is 5.69 Å². The summed E-state index contributed by atoms with van der Waals surface area (Å²) in [4.78, 5) is 16.5. The number of pyridine rings is 1. The molecule has 4 nitrogen and oxygen atoms in total. The van der Waals surface area contributed by atoms with E-state index in [0.29, 0.717) is 11.5 Å². The van der Waals surface area contributed by atoms with Crippen molar-refractivity contribution in [1.82, 2.24) is 4.98 Å². The van der Waals surface area contributed by atoms with Crippen molar-refractivity contribution in [2.75, 3.05) is 10.6 Å². The summed E-state index contributed by atoms with van der Waals surface area (Å²) >= 11 is 0. The van der Waals surface area contributed by atoms with Crippen molar-refractivity contribution >= 4 is 23.1 Å². The number of halogens is 1. The van der Waals surface area contributed by atoms with Gasteiger partial charge in [-0.3, -0.25) is 4.79 Å². The molecule has 5 heteroatoms. The zero-order valence-corrected chi connectivity index (χ0v) is 15.6. The van der Waals surface area contributed by atoms with Crippen LogP contribution in [-0.2, 0) is 5.41 Å². The highest BCUT2D eigenvalue weighted by Crippen LogP contribution is 2.30. The van der Waals surface area contributed by atoms with E-state index in [2.05, 4.69) is 42.5 Å². The van der Waals surface area contributed by atoms with E-state index in [-0.39, 0.29) is 16.9 Å². The van der Waals surface area contributed by atoms with Crippen LogP contribution in [0.4, 0.5) is 21.6 Å². The molecule has 0 atom stereocenters. The number of amides is 1. The maximum atomic E-state index is 13.2. The van der Waals surface area contributed by atoms with Gasteiger partial charge in [0, 0.05) is 11.3 Å². The van der Waals surface area contributed by atoms with Crippen molar-refractivity contribution in [1.29, 1.82) is 0 Å². The van der Waals surface area contributed by atoms with Gasteiger partial charge in [-0.25, -0.2) is 9.37 Å².